The summed E-state index contributed by atoms with van der Waals surface area (Å²) in [5.41, 5.74) is 3.09. The zero-order chi connectivity index (χ0) is 18.5. The molecule has 0 amide bonds. The van der Waals surface area contributed by atoms with Gasteiger partial charge in [-0.3, -0.25) is 0 Å². The molecule has 2 aromatic carbocycles. The summed E-state index contributed by atoms with van der Waals surface area (Å²) in [4.78, 5) is 0. The Balaban J connectivity index is 1.50. The van der Waals surface area contributed by atoms with Crippen LogP contribution in [-0.4, -0.2) is 19.7 Å². The van der Waals surface area contributed by atoms with E-state index in [4.69, 9.17) is 9.47 Å². The summed E-state index contributed by atoms with van der Waals surface area (Å²) in [6.07, 6.45) is 10.1. The highest BCUT2D eigenvalue weighted by Crippen LogP contribution is 2.40. The number of methoxy groups -OCH3 is 1. The maximum Gasteiger partial charge on any atom is 0.126 e. The van der Waals surface area contributed by atoms with Crippen LogP contribution in [0, 0.1) is 0 Å². The van der Waals surface area contributed by atoms with E-state index in [1.54, 1.807) is 7.11 Å². The van der Waals surface area contributed by atoms with Gasteiger partial charge in [-0.15, -0.1) is 0 Å². The number of para-hydroxylation sites is 1. The Morgan fingerprint density at radius 3 is 2.52 bits per heavy atom. The maximum absolute atomic E-state index is 6.17. The van der Waals surface area contributed by atoms with Gasteiger partial charge in [-0.05, 0) is 36.1 Å². The molecule has 140 valence electrons. The van der Waals surface area contributed by atoms with Crippen molar-refractivity contribution in [2.45, 2.75) is 37.5 Å². The number of hydrogen-bond donors (Lipinski definition) is 1. The molecule has 3 nitrogen and oxygen atoms in total. The van der Waals surface area contributed by atoms with Gasteiger partial charge in [0.25, 0.3) is 0 Å². The Morgan fingerprint density at radius 1 is 1.04 bits per heavy atom. The number of benzene rings is 2. The predicted molar refractivity (Wildman–Crippen MR) is 109 cm³/mol. The largest absolute Gasteiger partial charge is 0.488 e. The molecule has 2 aliphatic carbocycles. The maximum atomic E-state index is 6.17. The fourth-order valence-corrected chi connectivity index (χ4v) is 3.48. The highest BCUT2D eigenvalue weighted by molar-refractivity contribution is 5.45. The summed E-state index contributed by atoms with van der Waals surface area (Å²) in [5, 5.41) is 3.58. The predicted octanol–water partition coefficient (Wildman–Crippen LogP) is 4.75. The smallest absolute Gasteiger partial charge is 0.126 e. The van der Waals surface area contributed by atoms with E-state index in [2.05, 4.69) is 41.7 Å². The number of ether oxygens (including phenoxy) is 2. The zero-order valence-electron chi connectivity index (χ0n) is 15.9. The van der Waals surface area contributed by atoms with Gasteiger partial charge in [0.15, 0.2) is 0 Å². The average Bonchev–Trinajstić information content (AvgIpc) is 3.57. The fourth-order valence-electron chi connectivity index (χ4n) is 3.48. The van der Waals surface area contributed by atoms with Gasteiger partial charge in [-0.1, -0.05) is 60.7 Å². The molecule has 1 unspecified atom stereocenters. The first-order valence-electron chi connectivity index (χ1n) is 9.72. The van der Waals surface area contributed by atoms with E-state index in [0.29, 0.717) is 6.61 Å². The van der Waals surface area contributed by atoms with Gasteiger partial charge in [-0.2, -0.15) is 0 Å². The van der Waals surface area contributed by atoms with Crippen LogP contribution in [0.15, 0.2) is 78.4 Å². The summed E-state index contributed by atoms with van der Waals surface area (Å²) < 4.78 is 12.2. The summed E-state index contributed by atoms with van der Waals surface area (Å²) in [5.74, 6) is 0.876. The van der Waals surface area contributed by atoms with E-state index in [0.717, 1.165) is 35.9 Å². The second-order valence-corrected chi connectivity index (χ2v) is 7.34. The number of hydrogen-bond acceptors (Lipinski definition) is 3. The molecule has 1 N–H and O–H groups in total. The topological polar surface area (TPSA) is 30.5 Å². The lowest BCUT2D eigenvalue weighted by Gasteiger charge is -2.33. The van der Waals surface area contributed by atoms with Crippen LogP contribution in [0.25, 0.3) is 0 Å². The highest BCUT2D eigenvalue weighted by Gasteiger charge is 2.33. The number of nitrogens with one attached hydrogen (secondary N) is 1. The van der Waals surface area contributed by atoms with Crippen LogP contribution >= 0.6 is 0 Å². The third-order valence-corrected chi connectivity index (χ3v) is 5.35. The minimum absolute atomic E-state index is 0.476. The average molecular weight is 361 g/mol. The monoisotopic (exact) mass is 361 g/mol. The van der Waals surface area contributed by atoms with E-state index in [-0.39, 0.29) is 0 Å². The van der Waals surface area contributed by atoms with Crippen molar-refractivity contribution < 1.29 is 9.47 Å². The fraction of sp³-hybridized carbons (Fsp3) is 0.333. The quantitative estimate of drug-likeness (QED) is 0.736. The van der Waals surface area contributed by atoms with Crippen molar-refractivity contribution in [3.05, 3.63) is 89.5 Å². The van der Waals surface area contributed by atoms with Crippen LogP contribution in [0.4, 0.5) is 0 Å². The molecule has 2 aliphatic rings. The first kappa shape index (κ1) is 18.0. The lowest BCUT2D eigenvalue weighted by molar-refractivity contribution is 0.0276. The first-order chi connectivity index (χ1) is 13.3. The summed E-state index contributed by atoms with van der Waals surface area (Å²) >= 11 is 0. The van der Waals surface area contributed by atoms with Crippen LogP contribution in [0.3, 0.4) is 0 Å². The Hall–Kier alpha value is -2.36. The highest BCUT2D eigenvalue weighted by atomic mass is 16.5. The van der Waals surface area contributed by atoms with Gasteiger partial charge >= 0.3 is 0 Å². The van der Waals surface area contributed by atoms with Gasteiger partial charge in [0.2, 0.25) is 0 Å². The van der Waals surface area contributed by atoms with Crippen LogP contribution in [0.1, 0.15) is 30.4 Å². The van der Waals surface area contributed by atoms with Gasteiger partial charge in [0.1, 0.15) is 18.0 Å². The van der Waals surface area contributed by atoms with Crippen LogP contribution in [0.5, 0.6) is 5.75 Å². The summed E-state index contributed by atoms with van der Waals surface area (Å²) in [6.45, 7) is 1.49. The molecule has 27 heavy (non-hydrogen) atoms. The van der Waals surface area contributed by atoms with Crippen molar-refractivity contribution in [2.75, 3.05) is 13.7 Å². The van der Waals surface area contributed by atoms with Gasteiger partial charge < -0.3 is 14.8 Å². The standard InChI is InChI=1S/C24H27NO2/c1-26-24(15-13-19(14-16-24)17-25-21-11-12-21)22-9-5-6-10-23(22)27-18-20-7-3-2-4-8-20/h2-10,13-15,21,25H,11-12,16-18H2,1H3. The van der Waals surface area contributed by atoms with E-state index < -0.39 is 5.60 Å². The van der Waals surface area contributed by atoms with E-state index in [9.17, 15) is 0 Å². The molecule has 0 aromatic heterocycles. The molecule has 0 radical (unpaired) electrons. The van der Waals surface area contributed by atoms with Crippen LogP contribution in [0.2, 0.25) is 0 Å². The molecule has 1 fully saturated rings. The Bertz CT molecular complexity index is 823. The molecule has 3 heteroatoms. The SMILES string of the molecule is COC1(c2ccccc2OCc2ccccc2)C=CC(CNC2CC2)=CC1. The van der Waals surface area contributed by atoms with Gasteiger partial charge in [0.05, 0.1) is 0 Å². The third kappa shape index (κ3) is 4.32. The lowest BCUT2D eigenvalue weighted by atomic mass is 9.84. The molecule has 1 atom stereocenters. The normalized spacial score (nSPS) is 21.7. The lowest BCUT2D eigenvalue weighted by Crippen LogP contribution is -2.29. The van der Waals surface area contributed by atoms with Crippen LogP contribution in [-0.2, 0) is 16.9 Å². The molecule has 0 saturated heterocycles. The number of rotatable bonds is 8. The van der Waals surface area contributed by atoms with Crippen molar-refractivity contribution in [1.82, 2.24) is 5.32 Å². The van der Waals surface area contributed by atoms with Crippen molar-refractivity contribution in [1.29, 1.82) is 0 Å². The summed E-state index contributed by atoms with van der Waals surface area (Å²) in [6, 6.07) is 19.2. The second-order valence-electron chi connectivity index (χ2n) is 7.34. The van der Waals surface area contributed by atoms with Crippen molar-refractivity contribution >= 4 is 0 Å². The van der Waals surface area contributed by atoms with Gasteiger partial charge in [-0.25, -0.2) is 0 Å². The van der Waals surface area contributed by atoms with E-state index in [1.165, 1.54) is 18.4 Å². The molecule has 0 heterocycles. The molecule has 4 rings (SSSR count). The Morgan fingerprint density at radius 2 is 1.81 bits per heavy atom. The third-order valence-electron chi connectivity index (χ3n) is 5.35. The minimum atomic E-state index is -0.476. The summed E-state index contributed by atoms with van der Waals surface area (Å²) in [7, 11) is 1.78. The molecule has 2 aromatic rings. The van der Waals surface area contributed by atoms with Crippen molar-refractivity contribution in [2.24, 2.45) is 0 Å². The Kier molecular flexibility index (Phi) is 5.42. The molecule has 0 spiro atoms. The second kappa shape index (κ2) is 8.12. The van der Waals surface area contributed by atoms with E-state index in [1.807, 2.05) is 36.4 Å². The molecular weight excluding hydrogens is 334 g/mol. The first-order valence-corrected chi connectivity index (χ1v) is 9.72. The molecule has 1 saturated carbocycles. The van der Waals surface area contributed by atoms with Crippen molar-refractivity contribution in [3.8, 4) is 5.75 Å². The molecular formula is C24H27NO2. The van der Waals surface area contributed by atoms with Crippen molar-refractivity contribution in [3.63, 3.8) is 0 Å². The van der Waals surface area contributed by atoms with Gasteiger partial charge in [0, 0.05) is 31.7 Å². The minimum Gasteiger partial charge on any atom is -0.488 e. The molecule has 0 aliphatic heterocycles. The van der Waals surface area contributed by atoms with Crippen LogP contribution < -0.4 is 10.1 Å². The molecule has 0 bridgehead atoms. The zero-order valence-corrected chi connectivity index (χ0v) is 15.9. The van der Waals surface area contributed by atoms with E-state index >= 15 is 0 Å². The Labute approximate surface area is 161 Å².